The van der Waals surface area contributed by atoms with Gasteiger partial charge in [0.15, 0.2) is 0 Å². The molecule has 1 aromatic rings. The van der Waals surface area contributed by atoms with Crippen molar-refractivity contribution in [3.63, 3.8) is 0 Å². The molecular formula is C15H20ClNO. The lowest BCUT2D eigenvalue weighted by atomic mass is 9.83. The molecule has 2 aliphatic carbocycles. The van der Waals surface area contributed by atoms with E-state index in [4.69, 9.17) is 22.1 Å². The first-order valence-electron chi connectivity index (χ1n) is 6.75. The van der Waals surface area contributed by atoms with E-state index in [2.05, 4.69) is 6.92 Å². The number of fused-ring (bicyclic) bond motifs is 1. The molecule has 1 aromatic carbocycles. The Balaban J connectivity index is 2.27. The van der Waals surface area contributed by atoms with E-state index in [1.54, 1.807) is 7.11 Å². The fourth-order valence-electron chi connectivity index (χ4n) is 3.31. The molecule has 1 saturated carbocycles. The van der Waals surface area contributed by atoms with Crippen molar-refractivity contribution in [2.24, 2.45) is 5.73 Å². The molecule has 98 valence electrons. The molecule has 0 bridgehead atoms. The molecule has 2 nitrogen and oxygen atoms in total. The van der Waals surface area contributed by atoms with Crippen LogP contribution in [0.4, 0.5) is 0 Å². The number of rotatable bonds is 2. The van der Waals surface area contributed by atoms with E-state index in [0.29, 0.717) is 0 Å². The predicted molar refractivity (Wildman–Crippen MR) is 74.5 cm³/mol. The molecule has 3 heteroatoms. The van der Waals surface area contributed by atoms with Gasteiger partial charge in [0.1, 0.15) is 5.75 Å². The maximum absolute atomic E-state index is 6.56. The summed E-state index contributed by atoms with van der Waals surface area (Å²) in [6.07, 6.45) is 6.77. The van der Waals surface area contributed by atoms with Crippen LogP contribution in [0, 0.1) is 6.92 Å². The standard InChI is InChI=1S/C15H20ClNO/c1-9-10-5-3-4-6-11(10)13(16)14(18-2)12(9)15(17)7-8-15/h3-8,17H2,1-2H3. The summed E-state index contributed by atoms with van der Waals surface area (Å²) in [5.74, 6) is 0.829. The molecule has 0 atom stereocenters. The van der Waals surface area contributed by atoms with Gasteiger partial charge >= 0.3 is 0 Å². The molecule has 2 N–H and O–H groups in total. The van der Waals surface area contributed by atoms with E-state index in [9.17, 15) is 0 Å². The number of ether oxygens (including phenoxy) is 1. The van der Waals surface area contributed by atoms with Crippen LogP contribution in [0.5, 0.6) is 5.75 Å². The lowest BCUT2D eigenvalue weighted by Gasteiger charge is -2.27. The highest BCUT2D eigenvalue weighted by atomic mass is 35.5. The van der Waals surface area contributed by atoms with Crippen molar-refractivity contribution in [2.75, 3.05) is 7.11 Å². The van der Waals surface area contributed by atoms with E-state index in [-0.39, 0.29) is 5.54 Å². The van der Waals surface area contributed by atoms with Crippen molar-refractivity contribution in [1.82, 2.24) is 0 Å². The highest BCUT2D eigenvalue weighted by molar-refractivity contribution is 6.33. The monoisotopic (exact) mass is 265 g/mol. The maximum Gasteiger partial charge on any atom is 0.143 e. The molecule has 0 radical (unpaired) electrons. The number of nitrogens with two attached hydrogens (primary N) is 1. The van der Waals surface area contributed by atoms with E-state index in [1.807, 2.05) is 0 Å². The first-order valence-corrected chi connectivity index (χ1v) is 7.13. The summed E-state index contributed by atoms with van der Waals surface area (Å²) in [6.45, 7) is 2.19. The molecule has 0 heterocycles. The van der Waals surface area contributed by atoms with Crippen LogP contribution >= 0.6 is 11.6 Å². The molecule has 0 aliphatic heterocycles. The van der Waals surface area contributed by atoms with Crippen LogP contribution in [0.1, 0.15) is 47.9 Å². The Bertz CT molecular complexity index is 506. The smallest absolute Gasteiger partial charge is 0.143 e. The van der Waals surface area contributed by atoms with Gasteiger partial charge in [-0.25, -0.2) is 0 Å². The van der Waals surface area contributed by atoms with Crippen molar-refractivity contribution in [1.29, 1.82) is 0 Å². The van der Waals surface area contributed by atoms with Crippen molar-refractivity contribution in [3.8, 4) is 5.75 Å². The molecule has 2 aliphatic rings. The van der Waals surface area contributed by atoms with E-state index in [1.165, 1.54) is 29.5 Å². The third-order valence-electron chi connectivity index (χ3n) is 4.48. The molecule has 1 fully saturated rings. The average molecular weight is 266 g/mol. The van der Waals surface area contributed by atoms with Gasteiger partial charge in [-0.1, -0.05) is 11.6 Å². The van der Waals surface area contributed by atoms with Gasteiger partial charge in [0.2, 0.25) is 0 Å². The van der Waals surface area contributed by atoms with Crippen molar-refractivity contribution in [3.05, 3.63) is 27.3 Å². The fourth-order valence-corrected chi connectivity index (χ4v) is 3.69. The molecule has 3 rings (SSSR count). The minimum Gasteiger partial charge on any atom is -0.495 e. The van der Waals surface area contributed by atoms with Gasteiger partial charge in [-0.05, 0) is 62.1 Å². The SMILES string of the molecule is COc1c(Cl)c2c(c(C)c1C1(N)CC1)CCCC2. The second-order valence-electron chi connectivity index (χ2n) is 5.67. The normalized spacial score (nSPS) is 20.4. The van der Waals surface area contributed by atoms with Gasteiger partial charge in [-0.2, -0.15) is 0 Å². The first-order chi connectivity index (χ1) is 8.58. The number of hydrogen-bond acceptors (Lipinski definition) is 2. The lowest BCUT2D eigenvalue weighted by molar-refractivity contribution is 0.402. The number of benzene rings is 1. The van der Waals surface area contributed by atoms with Crippen LogP contribution in [-0.2, 0) is 18.4 Å². The Morgan fingerprint density at radius 2 is 1.78 bits per heavy atom. The lowest BCUT2D eigenvalue weighted by Crippen LogP contribution is -2.23. The van der Waals surface area contributed by atoms with Crippen LogP contribution in [-0.4, -0.2) is 7.11 Å². The number of halogens is 1. The summed E-state index contributed by atoms with van der Waals surface area (Å²) < 4.78 is 5.58. The maximum atomic E-state index is 6.56. The van der Waals surface area contributed by atoms with Gasteiger partial charge in [0.25, 0.3) is 0 Å². The highest BCUT2D eigenvalue weighted by Crippen LogP contribution is 2.52. The van der Waals surface area contributed by atoms with E-state index < -0.39 is 0 Å². The van der Waals surface area contributed by atoms with Crippen molar-refractivity contribution < 1.29 is 4.74 Å². The summed E-state index contributed by atoms with van der Waals surface area (Å²) in [5.41, 5.74) is 11.4. The Morgan fingerprint density at radius 1 is 1.17 bits per heavy atom. The second kappa shape index (κ2) is 4.14. The number of methoxy groups -OCH3 is 1. The van der Waals surface area contributed by atoms with Crippen molar-refractivity contribution >= 4 is 11.6 Å². The first kappa shape index (κ1) is 12.3. The fraction of sp³-hybridized carbons (Fsp3) is 0.600. The third-order valence-corrected chi connectivity index (χ3v) is 4.88. The second-order valence-corrected chi connectivity index (χ2v) is 6.05. The average Bonchev–Trinajstić information content (AvgIpc) is 3.12. The zero-order valence-electron chi connectivity index (χ0n) is 11.1. The van der Waals surface area contributed by atoms with Crippen LogP contribution in [0.25, 0.3) is 0 Å². The third kappa shape index (κ3) is 1.66. The number of hydrogen-bond donors (Lipinski definition) is 1. The Kier molecular flexibility index (Phi) is 2.83. The Labute approximate surface area is 113 Å². The summed E-state index contributed by atoms with van der Waals surface area (Å²) in [7, 11) is 1.70. The van der Waals surface area contributed by atoms with Crippen molar-refractivity contribution in [2.45, 2.75) is 51.0 Å². The van der Waals surface area contributed by atoms with E-state index >= 15 is 0 Å². The molecule has 0 saturated heterocycles. The molecule has 0 unspecified atom stereocenters. The topological polar surface area (TPSA) is 35.2 Å². The zero-order valence-corrected chi connectivity index (χ0v) is 11.9. The summed E-state index contributed by atoms with van der Waals surface area (Å²) >= 11 is 6.56. The van der Waals surface area contributed by atoms with Gasteiger partial charge in [-0.15, -0.1) is 0 Å². The van der Waals surface area contributed by atoms with Crippen LogP contribution < -0.4 is 10.5 Å². The van der Waals surface area contributed by atoms with Crippen LogP contribution in [0.3, 0.4) is 0 Å². The molecule has 0 spiro atoms. The van der Waals surface area contributed by atoms with Gasteiger partial charge in [0.05, 0.1) is 12.1 Å². The minimum atomic E-state index is -0.189. The molecular weight excluding hydrogens is 246 g/mol. The minimum absolute atomic E-state index is 0.189. The van der Waals surface area contributed by atoms with Crippen LogP contribution in [0.2, 0.25) is 5.02 Å². The predicted octanol–water partition coefficient (Wildman–Crippen LogP) is 3.48. The van der Waals surface area contributed by atoms with Gasteiger partial charge in [0, 0.05) is 11.1 Å². The van der Waals surface area contributed by atoms with Crippen LogP contribution in [0.15, 0.2) is 0 Å². The largest absolute Gasteiger partial charge is 0.495 e. The summed E-state index contributed by atoms with van der Waals surface area (Å²) in [5, 5.41) is 0.810. The quantitative estimate of drug-likeness (QED) is 0.889. The molecule has 0 amide bonds. The van der Waals surface area contributed by atoms with E-state index in [0.717, 1.165) is 42.0 Å². The Morgan fingerprint density at radius 3 is 2.33 bits per heavy atom. The molecule has 0 aromatic heterocycles. The van der Waals surface area contributed by atoms with Gasteiger partial charge in [-0.3, -0.25) is 0 Å². The van der Waals surface area contributed by atoms with Gasteiger partial charge < -0.3 is 10.5 Å². The molecule has 18 heavy (non-hydrogen) atoms. The summed E-state index contributed by atoms with van der Waals surface area (Å²) in [4.78, 5) is 0. The Hall–Kier alpha value is -0.730. The zero-order chi connectivity index (χ0) is 12.9. The highest BCUT2D eigenvalue weighted by Gasteiger charge is 2.45. The summed E-state index contributed by atoms with van der Waals surface area (Å²) in [6, 6.07) is 0.